The lowest BCUT2D eigenvalue weighted by Crippen LogP contribution is -2.82. The van der Waals surface area contributed by atoms with Gasteiger partial charge in [0.25, 0.3) is 0 Å². The van der Waals surface area contributed by atoms with Crippen LogP contribution in [-0.4, -0.2) is 116 Å². The maximum atomic E-state index is 14.2. The number of benzene rings is 2. The zero-order valence-electron chi connectivity index (χ0n) is 32.6. The molecule has 4 aliphatic heterocycles. The summed E-state index contributed by atoms with van der Waals surface area (Å²) in [4.78, 5) is 60.9. The number of carbonyl (C=O) groups excluding carboxylic acids is 4. The van der Waals surface area contributed by atoms with Crippen molar-refractivity contribution in [2.24, 2.45) is 11.8 Å². The number of hydrogen-bond donors (Lipinski definition) is 4. The van der Waals surface area contributed by atoms with Crippen LogP contribution in [0.4, 0.5) is 0 Å². The number of hydrogen-bond acceptors (Lipinski definition) is 12. The second kappa shape index (κ2) is 12.5. The third kappa shape index (κ3) is 4.74. The maximum absolute atomic E-state index is 14.2. The second-order valence-electron chi connectivity index (χ2n) is 19.1. The average Bonchev–Trinajstić information content (AvgIpc) is 4.13. The van der Waals surface area contributed by atoms with Gasteiger partial charge in [0.15, 0.2) is 46.8 Å². The van der Waals surface area contributed by atoms with Gasteiger partial charge in [-0.25, -0.2) is 0 Å². The summed E-state index contributed by atoms with van der Waals surface area (Å²) in [6.07, 6.45) is 7.83. The molecule has 4 bridgehead atoms. The van der Waals surface area contributed by atoms with E-state index in [9.17, 15) is 29.4 Å². The molecule has 306 valence electrons. The van der Waals surface area contributed by atoms with Crippen LogP contribution < -0.4 is 20.1 Å². The Morgan fingerprint density at radius 2 is 1.10 bits per heavy atom. The highest BCUT2D eigenvalue weighted by Gasteiger charge is 2.75. The van der Waals surface area contributed by atoms with E-state index in [1.807, 2.05) is 12.1 Å². The minimum Gasteiger partial charge on any atom is -0.504 e. The minimum absolute atomic E-state index is 0.00260. The molecule has 6 aliphatic carbocycles. The molecule has 2 aromatic rings. The lowest BCUT2D eigenvalue weighted by atomic mass is 9.47. The van der Waals surface area contributed by atoms with E-state index in [1.54, 1.807) is 12.1 Å². The number of amides is 2. The highest BCUT2D eigenvalue weighted by atomic mass is 33.1. The Morgan fingerprint density at radius 3 is 1.52 bits per heavy atom. The molecular formula is C44H50N4O8S2. The molecule has 2 saturated heterocycles. The first-order valence-corrected chi connectivity index (χ1v) is 24.0. The number of carbonyl (C=O) groups is 4. The number of nitrogens with zero attached hydrogens (tertiary/aromatic N) is 2. The maximum Gasteiger partial charge on any atom is 0.231 e. The third-order valence-corrected chi connectivity index (χ3v) is 18.5. The number of aromatic hydroxyl groups is 2. The van der Waals surface area contributed by atoms with E-state index < -0.39 is 34.1 Å². The van der Waals surface area contributed by atoms with Crippen molar-refractivity contribution in [1.82, 2.24) is 20.4 Å². The first-order valence-electron chi connectivity index (χ1n) is 21.5. The molecule has 12 rings (SSSR count). The number of Topliss-reactive ketones (excluding diaryl/α,β-unsaturated/α-hetero) is 2. The van der Waals surface area contributed by atoms with Gasteiger partial charge in [0.1, 0.15) is 0 Å². The van der Waals surface area contributed by atoms with E-state index in [-0.39, 0.29) is 58.5 Å². The minimum atomic E-state index is -0.745. The predicted octanol–water partition coefficient (Wildman–Crippen LogP) is 3.69. The largest absolute Gasteiger partial charge is 0.504 e. The predicted molar refractivity (Wildman–Crippen MR) is 216 cm³/mol. The number of phenols is 2. The lowest BCUT2D eigenvalue weighted by Gasteiger charge is -2.65. The summed E-state index contributed by atoms with van der Waals surface area (Å²) < 4.78 is 12.8. The molecule has 4 saturated carbocycles. The fourth-order valence-electron chi connectivity index (χ4n) is 13.9. The first kappa shape index (κ1) is 36.4. The van der Waals surface area contributed by atoms with E-state index >= 15 is 0 Å². The average molecular weight is 827 g/mol. The number of ketones is 2. The summed E-state index contributed by atoms with van der Waals surface area (Å²) in [5.41, 5.74) is 1.09. The van der Waals surface area contributed by atoms with E-state index in [0.29, 0.717) is 61.9 Å². The molecule has 10 aliphatic rings. The van der Waals surface area contributed by atoms with E-state index in [0.717, 1.165) is 61.3 Å². The fraction of sp³-hybridized carbons (Fsp3) is 0.636. The van der Waals surface area contributed by atoms with Crippen molar-refractivity contribution in [1.29, 1.82) is 0 Å². The van der Waals surface area contributed by atoms with Crippen molar-refractivity contribution in [3.05, 3.63) is 46.5 Å². The molecule has 6 fully saturated rings. The smallest absolute Gasteiger partial charge is 0.231 e. The molecule has 12 nitrogen and oxygen atoms in total. The molecule has 2 aromatic carbocycles. The topological polar surface area (TPSA) is 158 Å². The van der Waals surface area contributed by atoms with Gasteiger partial charge in [-0.2, -0.15) is 0 Å². The lowest BCUT2D eigenvalue weighted by molar-refractivity contribution is -0.149. The third-order valence-electron chi connectivity index (χ3n) is 16.4. The molecule has 2 spiro atoms. The van der Waals surface area contributed by atoms with Crippen molar-refractivity contribution in [3.8, 4) is 23.0 Å². The monoisotopic (exact) mass is 826 g/mol. The van der Waals surface area contributed by atoms with Gasteiger partial charge < -0.3 is 30.3 Å². The standard InChI is InChI=1S/C44H50N4O8S2/c49-27-7-5-25-17-31-43(11-9-29(51)39-41(43,35(25)37(27)55-39)13-15-47(31)19-23-1-2-23)45-33(53)21-57-58-22-34(54)46-44-12-10-30(52)40-42(44)14-16-48(20-24-3-4-24)32(44)18-26-6-8-28(50)38(56-40)36(26)42/h5-8,23-24,31-32,39-40,49-50H,1-4,9-22H2,(H,45,53)(H,46,54)/t31-,32-,39+,40+,41?,42?,43-,44-/m1/s1. The number of piperidine rings is 2. The highest BCUT2D eigenvalue weighted by molar-refractivity contribution is 8.77. The summed E-state index contributed by atoms with van der Waals surface area (Å²) in [5, 5.41) is 29.1. The number of phenolic OH excluding ortho intramolecular Hbond substituents is 2. The summed E-state index contributed by atoms with van der Waals surface area (Å²) >= 11 is 0. The molecule has 0 radical (unpaired) electrons. The molecular weight excluding hydrogens is 777 g/mol. The molecule has 58 heavy (non-hydrogen) atoms. The van der Waals surface area contributed by atoms with Crippen molar-refractivity contribution in [2.45, 2.75) is 123 Å². The fourth-order valence-corrected chi connectivity index (χ4v) is 15.6. The van der Waals surface area contributed by atoms with Gasteiger partial charge in [-0.15, -0.1) is 0 Å². The van der Waals surface area contributed by atoms with Crippen LogP contribution in [0.25, 0.3) is 0 Å². The molecule has 8 atom stereocenters. The normalized spacial score (nSPS) is 37.4. The van der Waals surface area contributed by atoms with Crippen LogP contribution >= 0.6 is 21.6 Å². The van der Waals surface area contributed by atoms with Crippen molar-refractivity contribution in [2.75, 3.05) is 37.7 Å². The Bertz CT molecular complexity index is 2050. The van der Waals surface area contributed by atoms with Crippen molar-refractivity contribution >= 4 is 45.0 Å². The van der Waals surface area contributed by atoms with Crippen LogP contribution in [0.15, 0.2) is 24.3 Å². The van der Waals surface area contributed by atoms with Gasteiger partial charge in [-0.1, -0.05) is 33.7 Å². The number of nitrogens with one attached hydrogen (secondary N) is 2. The number of likely N-dealkylation sites (tertiary alicyclic amines) is 2. The van der Waals surface area contributed by atoms with Gasteiger partial charge in [0.2, 0.25) is 11.8 Å². The Balaban J connectivity index is 0.786. The summed E-state index contributed by atoms with van der Waals surface area (Å²) in [7, 11) is 2.72. The Morgan fingerprint density at radius 1 is 0.672 bits per heavy atom. The molecule has 14 heteroatoms. The number of rotatable bonds is 11. The SMILES string of the molecule is O=C(CSSCC(=O)N[C@@]12CCC(=O)[C@@H]3Oc4c(O)ccc5c4C31CCN(CC1CC1)[C@@H]2C5)N[C@@]12CCC(=O)[C@@H]3Oc4c(O)ccc5c4C31CCN(CC1CC1)[C@@H]2C5. The van der Waals surface area contributed by atoms with Crippen molar-refractivity contribution in [3.63, 3.8) is 0 Å². The van der Waals surface area contributed by atoms with Crippen LogP contribution in [0, 0.1) is 11.8 Å². The Hall–Kier alpha value is -3.46. The van der Waals surface area contributed by atoms with E-state index in [1.165, 1.54) is 47.3 Å². The van der Waals surface area contributed by atoms with Gasteiger partial charge in [-0.05, 0) is 112 Å². The zero-order chi connectivity index (χ0) is 39.3. The highest BCUT2D eigenvalue weighted by Crippen LogP contribution is 2.67. The molecule has 4 heterocycles. The Labute approximate surface area is 345 Å². The molecule has 4 N–H and O–H groups in total. The quantitative estimate of drug-likeness (QED) is 0.193. The van der Waals surface area contributed by atoms with Crippen LogP contribution in [0.5, 0.6) is 23.0 Å². The summed E-state index contributed by atoms with van der Waals surface area (Å²) in [5.74, 6) is 2.32. The number of ether oxygens (including phenoxy) is 2. The molecule has 0 aromatic heterocycles. The summed E-state index contributed by atoms with van der Waals surface area (Å²) in [6.45, 7) is 3.60. The second-order valence-corrected chi connectivity index (χ2v) is 21.6. The van der Waals surface area contributed by atoms with Crippen LogP contribution in [0.2, 0.25) is 0 Å². The van der Waals surface area contributed by atoms with Crippen LogP contribution in [0.1, 0.15) is 86.5 Å². The molecule has 2 amide bonds. The molecule has 2 unspecified atom stereocenters. The van der Waals surface area contributed by atoms with E-state index in [4.69, 9.17) is 9.47 Å². The van der Waals surface area contributed by atoms with Gasteiger partial charge in [-0.3, -0.25) is 29.0 Å². The van der Waals surface area contributed by atoms with Gasteiger partial charge in [0.05, 0.1) is 33.4 Å². The Kier molecular flexibility index (Phi) is 7.87. The van der Waals surface area contributed by atoms with E-state index in [2.05, 4.69) is 20.4 Å². The van der Waals surface area contributed by atoms with Crippen LogP contribution in [0.3, 0.4) is 0 Å². The van der Waals surface area contributed by atoms with Crippen LogP contribution in [-0.2, 0) is 42.8 Å². The zero-order valence-corrected chi connectivity index (χ0v) is 34.2. The van der Waals surface area contributed by atoms with Gasteiger partial charge in [0, 0.05) is 49.1 Å². The van der Waals surface area contributed by atoms with Gasteiger partial charge >= 0.3 is 0 Å². The van der Waals surface area contributed by atoms with Crippen molar-refractivity contribution < 1.29 is 38.9 Å². The summed E-state index contributed by atoms with van der Waals surface area (Å²) in [6, 6.07) is 7.33. The first-order chi connectivity index (χ1) is 28.1.